The van der Waals surface area contributed by atoms with E-state index in [9.17, 15) is 0 Å². The highest BCUT2D eigenvalue weighted by Crippen LogP contribution is 2.34. The van der Waals surface area contributed by atoms with Crippen LogP contribution in [0.2, 0.25) is 0 Å². The zero-order valence-corrected chi connectivity index (χ0v) is 13.8. The minimum atomic E-state index is 0.977. The Balaban J connectivity index is 1.68. The fourth-order valence-corrected chi connectivity index (χ4v) is 4.06. The summed E-state index contributed by atoms with van der Waals surface area (Å²) in [6, 6.07) is 0. The summed E-state index contributed by atoms with van der Waals surface area (Å²) < 4.78 is 0. The molecule has 0 radical (unpaired) electrons. The van der Waals surface area contributed by atoms with E-state index in [1.165, 1.54) is 77.0 Å². The predicted octanol–water partition coefficient (Wildman–Crippen LogP) is 6.82. The summed E-state index contributed by atoms with van der Waals surface area (Å²) in [5.41, 5.74) is 3.52. The van der Waals surface area contributed by atoms with Crippen molar-refractivity contribution in [2.75, 3.05) is 0 Å². The van der Waals surface area contributed by atoms with E-state index in [0.717, 1.165) is 11.8 Å². The van der Waals surface area contributed by atoms with Crippen LogP contribution >= 0.6 is 0 Å². The van der Waals surface area contributed by atoms with E-state index in [0.29, 0.717) is 0 Å². The molecular formula is C20H34. The van der Waals surface area contributed by atoms with Gasteiger partial charge in [0.15, 0.2) is 0 Å². The number of hydrogen-bond donors (Lipinski definition) is 0. The Morgan fingerprint density at radius 2 is 1.35 bits per heavy atom. The highest BCUT2D eigenvalue weighted by atomic mass is 14.2. The topological polar surface area (TPSA) is 0 Å². The summed E-state index contributed by atoms with van der Waals surface area (Å²) in [6.45, 7) is 4.59. The van der Waals surface area contributed by atoms with Gasteiger partial charge in [-0.25, -0.2) is 0 Å². The lowest BCUT2D eigenvalue weighted by Crippen LogP contribution is -2.10. The van der Waals surface area contributed by atoms with Gasteiger partial charge in [-0.2, -0.15) is 0 Å². The third kappa shape index (κ3) is 5.11. The van der Waals surface area contributed by atoms with Crippen molar-refractivity contribution >= 4 is 0 Å². The Morgan fingerprint density at radius 1 is 0.800 bits per heavy atom. The van der Waals surface area contributed by atoms with Crippen LogP contribution in [0.5, 0.6) is 0 Å². The lowest BCUT2D eigenvalue weighted by molar-refractivity contribution is 0.375. The quantitative estimate of drug-likeness (QED) is 0.482. The Kier molecular flexibility index (Phi) is 6.90. The number of hydrogen-bond acceptors (Lipinski definition) is 0. The van der Waals surface area contributed by atoms with Crippen LogP contribution in [0.1, 0.15) is 90.9 Å². The van der Waals surface area contributed by atoms with Gasteiger partial charge >= 0.3 is 0 Å². The Hall–Kier alpha value is -0.520. The maximum Gasteiger partial charge on any atom is -0.0318 e. The highest BCUT2D eigenvalue weighted by molar-refractivity contribution is 5.08. The Bertz CT molecular complexity index is 314. The average molecular weight is 274 g/mol. The Morgan fingerprint density at radius 3 is 1.90 bits per heavy atom. The van der Waals surface area contributed by atoms with Gasteiger partial charge < -0.3 is 0 Å². The van der Waals surface area contributed by atoms with Crippen molar-refractivity contribution in [3.8, 4) is 0 Å². The minimum Gasteiger partial charge on any atom is -0.0856 e. The van der Waals surface area contributed by atoms with Crippen molar-refractivity contribution in [1.82, 2.24) is 0 Å². The molecule has 0 N–H and O–H groups in total. The van der Waals surface area contributed by atoms with Crippen LogP contribution < -0.4 is 0 Å². The second kappa shape index (κ2) is 8.70. The molecule has 0 aromatic heterocycles. The molecule has 2 saturated carbocycles. The summed E-state index contributed by atoms with van der Waals surface area (Å²) in [4.78, 5) is 0. The predicted molar refractivity (Wildman–Crippen MR) is 89.9 cm³/mol. The normalized spacial score (nSPS) is 27.5. The van der Waals surface area contributed by atoms with Crippen molar-refractivity contribution in [3.63, 3.8) is 0 Å². The monoisotopic (exact) mass is 274 g/mol. The number of rotatable bonds is 5. The van der Waals surface area contributed by atoms with Crippen LogP contribution in [0, 0.1) is 11.8 Å². The molecule has 2 rings (SSSR count). The SMILES string of the molecule is CCC=C1CCC(CC=C2CCC(CCC)CC2)CC1. The molecule has 0 nitrogen and oxygen atoms in total. The van der Waals surface area contributed by atoms with Crippen LogP contribution in [-0.2, 0) is 0 Å². The molecule has 0 aliphatic heterocycles. The van der Waals surface area contributed by atoms with E-state index in [4.69, 9.17) is 0 Å². The average Bonchev–Trinajstić information content (AvgIpc) is 2.49. The first kappa shape index (κ1) is 15.9. The van der Waals surface area contributed by atoms with Crippen LogP contribution in [0.15, 0.2) is 23.3 Å². The highest BCUT2D eigenvalue weighted by Gasteiger charge is 2.18. The fourth-order valence-electron chi connectivity index (χ4n) is 4.06. The van der Waals surface area contributed by atoms with Gasteiger partial charge in [0.05, 0.1) is 0 Å². The Labute approximate surface area is 126 Å². The molecule has 2 fully saturated rings. The van der Waals surface area contributed by atoms with E-state index >= 15 is 0 Å². The molecule has 0 heteroatoms. The smallest absolute Gasteiger partial charge is 0.0318 e. The third-order valence-electron chi connectivity index (χ3n) is 5.42. The first-order valence-electron chi connectivity index (χ1n) is 9.17. The van der Waals surface area contributed by atoms with Crippen LogP contribution in [-0.4, -0.2) is 0 Å². The second-order valence-corrected chi connectivity index (χ2v) is 7.04. The molecule has 0 heterocycles. The van der Waals surface area contributed by atoms with Gasteiger partial charge in [0.25, 0.3) is 0 Å². The molecule has 0 atom stereocenters. The zero-order valence-electron chi connectivity index (χ0n) is 13.8. The second-order valence-electron chi connectivity index (χ2n) is 7.04. The summed E-state index contributed by atoms with van der Waals surface area (Å²) in [5, 5.41) is 0. The van der Waals surface area contributed by atoms with E-state index in [2.05, 4.69) is 26.0 Å². The van der Waals surface area contributed by atoms with E-state index in [1.54, 1.807) is 11.1 Å². The lowest BCUT2D eigenvalue weighted by Gasteiger charge is -2.26. The van der Waals surface area contributed by atoms with Gasteiger partial charge in [0.2, 0.25) is 0 Å². The summed E-state index contributed by atoms with van der Waals surface area (Å²) in [7, 11) is 0. The van der Waals surface area contributed by atoms with Crippen molar-refractivity contribution in [3.05, 3.63) is 23.3 Å². The maximum atomic E-state index is 2.63. The van der Waals surface area contributed by atoms with Crippen molar-refractivity contribution in [1.29, 1.82) is 0 Å². The van der Waals surface area contributed by atoms with Crippen molar-refractivity contribution in [2.24, 2.45) is 11.8 Å². The van der Waals surface area contributed by atoms with Crippen LogP contribution in [0.3, 0.4) is 0 Å². The van der Waals surface area contributed by atoms with E-state index in [-0.39, 0.29) is 0 Å². The number of allylic oxidation sites excluding steroid dienone is 4. The molecular weight excluding hydrogens is 240 g/mol. The maximum absolute atomic E-state index is 2.63. The first-order chi connectivity index (χ1) is 9.81. The molecule has 2 aliphatic rings. The molecule has 0 aromatic rings. The summed E-state index contributed by atoms with van der Waals surface area (Å²) in [6.07, 6.45) is 21.9. The fraction of sp³-hybridized carbons (Fsp3) is 0.800. The molecule has 0 saturated heterocycles. The summed E-state index contributed by atoms with van der Waals surface area (Å²) >= 11 is 0. The van der Waals surface area contributed by atoms with Gasteiger partial charge in [0.1, 0.15) is 0 Å². The van der Waals surface area contributed by atoms with Gasteiger partial charge in [-0.3, -0.25) is 0 Å². The molecule has 114 valence electrons. The van der Waals surface area contributed by atoms with Gasteiger partial charge in [-0.05, 0) is 76.0 Å². The molecule has 20 heavy (non-hydrogen) atoms. The lowest BCUT2D eigenvalue weighted by atomic mass is 9.80. The summed E-state index contributed by atoms with van der Waals surface area (Å²) in [5.74, 6) is 2.01. The van der Waals surface area contributed by atoms with Crippen molar-refractivity contribution < 1.29 is 0 Å². The van der Waals surface area contributed by atoms with E-state index < -0.39 is 0 Å². The van der Waals surface area contributed by atoms with Gasteiger partial charge in [0, 0.05) is 0 Å². The van der Waals surface area contributed by atoms with Gasteiger partial charge in [-0.15, -0.1) is 0 Å². The first-order valence-corrected chi connectivity index (χ1v) is 9.17. The molecule has 0 spiro atoms. The standard InChI is InChI=1S/C20H34/c1-3-5-17-7-11-19(12-8-17)15-16-20-13-9-18(6-4-2)10-14-20/h5,16,18-19H,3-4,6-15H2,1-2H3. The molecule has 2 aliphatic carbocycles. The van der Waals surface area contributed by atoms with Crippen LogP contribution in [0.25, 0.3) is 0 Å². The zero-order chi connectivity index (χ0) is 14.2. The molecule has 0 unspecified atom stereocenters. The van der Waals surface area contributed by atoms with Crippen LogP contribution in [0.4, 0.5) is 0 Å². The molecule has 0 aromatic carbocycles. The molecule has 0 bridgehead atoms. The van der Waals surface area contributed by atoms with Crippen molar-refractivity contribution in [2.45, 2.75) is 90.9 Å². The largest absolute Gasteiger partial charge is 0.0856 e. The van der Waals surface area contributed by atoms with E-state index in [1.807, 2.05) is 0 Å². The minimum absolute atomic E-state index is 0.977. The third-order valence-corrected chi connectivity index (χ3v) is 5.42. The van der Waals surface area contributed by atoms with Gasteiger partial charge in [-0.1, -0.05) is 50.0 Å². The molecule has 0 amide bonds.